The molecular formula is C22H30N2O5S. The second-order valence-electron chi connectivity index (χ2n) is 8.36. The fourth-order valence-electron chi connectivity index (χ4n) is 3.83. The fourth-order valence-corrected chi connectivity index (χ4v) is 5.06. The minimum Gasteiger partial charge on any atom is -0.480 e. The maximum atomic E-state index is 11.4. The average Bonchev–Trinajstić information content (AvgIpc) is 3.48. The van der Waals surface area contributed by atoms with Gasteiger partial charge in [0, 0.05) is 24.1 Å². The molecule has 4 unspecified atom stereocenters. The average molecular weight is 435 g/mol. The zero-order valence-corrected chi connectivity index (χ0v) is 18.4. The lowest BCUT2D eigenvalue weighted by Crippen LogP contribution is -2.41. The van der Waals surface area contributed by atoms with Crippen molar-refractivity contribution in [3.63, 3.8) is 0 Å². The Morgan fingerprint density at radius 2 is 2.10 bits per heavy atom. The number of allylic oxidation sites excluding steroid dienone is 4. The summed E-state index contributed by atoms with van der Waals surface area (Å²) in [6.45, 7) is 5.40. The van der Waals surface area contributed by atoms with E-state index in [-0.39, 0.29) is 11.8 Å². The summed E-state index contributed by atoms with van der Waals surface area (Å²) in [5, 5.41) is 33.8. The molecule has 7 nitrogen and oxygen atoms in total. The molecular weight excluding hydrogens is 404 g/mol. The van der Waals surface area contributed by atoms with Gasteiger partial charge in [-0.2, -0.15) is 0 Å². The van der Waals surface area contributed by atoms with Gasteiger partial charge in [0.15, 0.2) is 0 Å². The van der Waals surface area contributed by atoms with E-state index in [0.717, 1.165) is 5.57 Å². The first kappa shape index (κ1) is 22.7. The molecule has 1 amide bonds. The van der Waals surface area contributed by atoms with E-state index in [0.29, 0.717) is 23.1 Å². The van der Waals surface area contributed by atoms with Crippen molar-refractivity contribution in [2.75, 3.05) is 12.3 Å². The summed E-state index contributed by atoms with van der Waals surface area (Å²) in [6, 6.07) is -1.42. The Morgan fingerprint density at radius 1 is 1.40 bits per heavy atom. The number of carboxylic acid groups (broad SMARTS) is 1. The monoisotopic (exact) mass is 434 g/mol. The molecule has 0 aromatic carbocycles. The third-order valence-electron chi connectivity index (χ3n) is 5.60. The topological polar surface area (TPSA) is 110 Å². The summed E-state index contributed by atoms with van der Waals surface area (Å²) in [5.74, 6) is -0.754. The zero-order chi connectivity index (χ0) is 22.1. The SMILES string of the molecule is CC(=O)NC(CSC1=C2N(CC=C1)C(C=C(C)C=CC1CC1)C(O)C2(C)O)C(=O)O. The molecule has 3 rings (SSSR count). The maximum absolute atomic E-state index is 11.4. The van der Waals surface area contributed by atoms with Crippen LogP contribution in [-0.4, -0.2) is 68.2 Å². The van der Waals surface area contributed by atoms with Crippen LogP contribution in [0, 0.1) is 5.92 Å². The molecule has 4 atom stereocenters. The molecule has 0 spiro atoms. The standard InChI is InChI=1S/C22H30N2O5S/c1-13(6-7-15-8-9-15)11-17-20(26)22(3,29)19-18(5-4-10-24(17)19)30-12-16(21(27)28)23-14(2)25/h4-7,11,15-17,20,26,29H,8-10,12H2,1-3H3,(H,23,25)(H,27,28). The first-order valence-corrected chi connectivity index (χ1v) is 11.2. The number of thioether (sulfide) groups is 1. The predicted molar refractivity (Wildman–Crippen MR) is 117 cm³/mol. The number of nitrogens with one attached hydrogen (secondary N) is 1. The van der Waals surface area contributed by atoms with Crippen LogP contribution < -0.4 is 5.32 Å². The van der Waals surface area contributed by atoms with Gasteiger partial charge in [0.05, 0.1) is 11.7 Å². The molecule has 0 bridgehead atoms. The van der Waals surface area contributed by atoms with Crippen LogP contribution in [0.3, 0.4) is 0 Å². The van der Waals surface area contributed by atoms with Crippen LogP contribution in [0.15, 0.2) is 46.6 Å². The van der Waals surface area contributed by atoms with Crippen molar-refractivity contribution in [1.82, 2.24) is 10.2 Å². The number of aliphatic hydroxyl groups excluding tert-OH is 1. The van der Waals surface area contributed by atoms with Gasteiger partial charge in [0.2, 0.25) is 5.91 Å². The zero-order valence-electron chi connectivity index (χ0n) is 17.5. The van der Waals surface area contributed by atoms with Gasteiger partial charge >= 0.3 is 5.97 Å². The number of amides is 1. The van der Waals surface area contributed by atoms with E-state index in [1.54, 1.807) is 6.92 Å². The smallest absolute Gasteiger partial charge is 0.327 e. The molecule has 0 aromatic heterocycles. The Hall–Kier alpha value is -2.03. The lowest BCUT2D eigenvalue weighted by molar-refractivity contribution is -0.140. The van der Waals surface area contributed by atoms with E-state index < -0.39 is 29.6 Å². The van der Waals surface area contributed by atoms with Gasteiger partial charge in [0.1, 0.15) is 17.7 Å². The Kier molecular flexibility index (Phi) is 6.79. The summed E-state index contributed by atoms with van der Waals surface area (Å²) in [6.07, 6.45) is 11.5. The summed E-state index contributed by atoms with van der Waals surface area (Å²) in [5.41, 5.74) is 0.152. The summed E-state index contributed by atoms with van der Waals surface area (Å²) in [4.78, 5) is 25.4. The molecule has 3 aliphatic rings. The highest BCUT2D eigenvalue weighted by Crippen LogP contribution is 2.44. The van der Waals surface area contributed by atoms with Crippen molar-refractivity contribution in [3.05, 3.63) is 46.6 Å². The molecule has 4 N–H and O–H groups in total. The Bertz CT molecular complexity index is 825. The summed E-state index contributed by atoms with van der Waals surface area (Å²) < 4.78 is 0. The molecule has 8 heteroatoms. The number of aliphatic carboxylic acids is 1. The van der Waals surface area contributed by atoms with Gasteiger partial charge in [-0.3, -0.25) is 4.79 Å². The summed E-state index contributed by atoms with van der Waals surface area (Å²) >= 11 is 1.25. The highest BCUT2D eigenvalue weighted by atomic mass is 32.2. The van der Waals surface area contributed by atoms with Crippen LogP contribution in [-0.2, 0) is 9.59 Å². The normalized spacial score (nSPS) is 30.0. The number of aliphatic hydroxyl groups is 2. The molecule has 2 fully saturated rings. The number of fused-ring (bicyclic) bond motifs is 1. The van der Waals surface area contributed by atoms with Crippen molar-refractivity contribution < 1.29 is 24.9 Å². The van der Waals surface area contributed by atoms with Crippen molar-refractivity contribution in [2.24, 2.45) is 5.92 Å². The van der Waals surface area contributed by atoms with Gasteiger partial charge in [-0.25, -0.2) is 4.79 Å². The van der Waals surface area contributed by atoms with Crippen LogP contribution in [0.2, 0.25) is 0 Å². The minimum atomic E-state index is -1.47. The van der Waals surface area contributed by atoms with Crippen LogP contribution in [0.5, 0.6) is 0 Å². The molecule has 30 heavy (non-hydrogen) atoms. The number of nitrogens with zero attached hydrogens (tertiary/aromatic N) is 1. The van der Waals surface area contributed by atoms with Crippen molar-refractivity contribution >= 4 is 23.6 Å². The van der Waals surface area contributed by atoms with Gasteiger partial charge in [-0.05, 0) is 38.7 Å². The van der Waals surface area contributed by atoms with E-state index >= 15 is 0 Å². The molecule has 2 aliphatic heterocycles. The van der Waals surface area contributed by atoms with E-state index in [1.165, 1.54) is 31.5 Å². The molecule has 0 aromatic rings. The highest BCUT2D eigenvalue weighted by Gasteiger charge is 2.52. The Morgan fingerprint density at radius 3 is 2.70 bits per heavy atom. The minimum absolute atomic E-state index is 0.113. The van der Waals surface area contributed by atoms with E-state index in [2.05, 4.69) is 17.5 Å². The third kappa shape index (κ3) is 4.99. The molecule has 164 valence electrons. The summed E-state index contributed by atoms with van der Waals surface area (Å²) in [7, 11) is 0. The van der Waals surface area contributed by atoms with Crippen molar-refractivity contribution in [3.8, 4) is 0 Å². The van der Waals surface area contributed by atoms with Crippen LogP contribution in [0.1, 0.15) is 33.6 Å². The largest absolute Gasteiger partial charge is 0.480 e. The molecule has 1 aliphatic carbocycles. The molecule has 1 saturated heterocycles. The van der Waals surface area contributed by atoms with Gasteiger partial charge in [-0.15, -0.1) is 11.8 Å². The first-order chi connectivity index (χ1) is 14.1. The van der Waals surface area contributed by atoms with Gasteiger partial charge in [0.25, 0.3) is 0 Å². The number of carbonyl (C=O) groups is 2. The van der Waals surface area contributed by atoms with E-state index in [9.17, 15) is 24.9 Å². The number of carbonyl (C=O) groups excluding carboxylic acids is 1. The highest BCUT2D eigenvalue weighted by molar-refractivity contribution is 8.03. The fraction of sp³-hybridized carbons (Fsp3) is 0.545. The molecule has 1 saturated carbocycles. The maximum Gasteiger partial charge on any atom is 0.327 e. The van der Waals surface area contributed by atoms with E-state index in [4.69, 9.17) is 0 Å². The lowest BCUT2D eigenvalue weighted by Gasteiger charge is -2.31. The van der Waals surface area contributed by atoms with E-state index in [1.807, 2.05) is 30.1 Å². The van der Waals surface area contributed by atoms with Crippen molar-refractivity contribution in [1.29, 1.82) is 0 Å². The lowest BCUT2D eigenvalue weighted by atomic mass is 9.95. The molecule has 2 heterocycles. The van der Waals surface area contributed by atoms with Crippen molar-refractivity contribution in [2.45, 2.75) is 57.4 Å². The number of carboxylic acids is 1. The van der Waals surface area contributed by atoms with Gasteiger partial charge in [-0.1, -0.05) is 29.9 Å². The first-order valence-electron chi connectivity index (χ1n) is 10.2. The van der Waals surface area contributed by atoms with Crippen LogP contribution in [0.4, 0.5) is 0 Å². The number of hydrogen-bond donors (Lipinski definition) is 4. The van der Waals surface area contributed by atoms with Crippen LogP contribution >= 0.6 is 11.8 Å². The second kappa shape index (κ2) is 8.99. The number of rotatable bonds is 8. The molecule has 0 radical (unpaired) electrons. The third-order valence-corrected chi connectivity index (χ3v) is 6.74. The number of hydrogen-bond acceptors (Lipinski definition) is 6. The second-order valence-corrected chi connectivity index (χ2v) is 9.42. The quantitative estimate of drug-likeness (QED) is 0.431. The predicted octanol–water partition coefficient (Wildman–Crippen LogP) is 1.80. The Balaban J connectivity index is 1.83. The van der Waals surface area contributed by atoms with Gasteiger partial charge < -0.3 is 25.5 Å². The Labute approximate surface area is 181 Å². The van der Waals surface area contributed by atoms with Crippen LogP contribution in [0.25, 0.3) is 0 Å².